The second-order valence-corrected chi connectivity index (χ2v) is 4.56. The van der Waals surface area contributed by atoms with Crippen molar-refractivity contribution in [1.82, 2.24) is 0 Å². The molecule has 2 rings (SSSR count). The molecule has 0 bridgehead atoms. The fourth-order valence-corrected chi connectivity index (χ4v) is 1.83. The van der Waals surface area contributed by atoms with Crippen LogP contribution in [0.25, 0.3) is 0 Å². The van der Waals surface area contributed by atoms with E-state index in [-0.39, 0.29) is 11.8 Å². The zero-order chi connectivity index (χ0) is 15.4. The Morgan fingerprint density at radius 2 is 1.48 bits per heavy atom. The van der Waals surface area contributed by atoms with Crippen molar-refractivity contribution >= 4 is 34.6 Å². The minimum atomic E-state index is -0.320. The molecule has 0 unspecified atom stereocenters. The molecule has 2 aromatic rings. The topological polar surface area (TPSA) is 110 Å². The number of nitrogens with two attached hydrogens (primary N) is 2. The van der Waals surface area contributed by atoms with Crippen molar-refractivity contribution in [3.05, 3.63) is 48.0 Å². The lowest BCUT2D eigenvalue weighted by Gasteiger charge is -2.09. The number of nitrogen functional groups attached to an aromatic ring is 2. The minimum Gasteiger partial charge on any atom is -0.399 e. The lowest BCUT2D eigenvalue weighted by Crippen LogP contribution is -2.14. The number of nitrogens with one attached hydrogen (secondary N) is 2. The van der Waals surface area contributed by atoms with E-state index in [1.807, 2.05) is 0 Å². The van der Waals surface area contributed by atoms with Crippen molar-refractivity contribution in [3.63, 3.8) is 0 Å². The summed E-state index contributed by atoms with van der Waals surface area (Å²) in [4.78, 5) is 23.0. The highest BCUT2D eigenvalue weighted by Crippen LogP contribution is 2.19. The molecule has 0 aliphatic heterocycles. The highest BCUT2D eigenvalue weighted by Gasteiger charge is 2.10. The molecular weight excluding hydrogens is 268 g/mol. The van der Waals surface area contributed by atoms with Gasteiger partial charge in [0.25, 0.3) is 5.91 Å². The fourth-order valence-electron chi connectivity index (χ4n) is 1.83. The van der Waals surface area contributed by atoms with Crippen molar-refractivity contribution in [3.8, 4) is 0 Å². The van der Waals surface area contributed by atoms with Crippen LogP contribution in [0.15, 0.2) is 42.5 Å². The Morgan fingerprint density at radius 1 is 0.905 bits per heavy atom. The van der Waals surface area contributed by atoms with E-state index in [1.54, 1.807) is 36.4 Å². The lowest BCUT2D eigenvalue weighted by molar-refractivity contribution is -0.114. The summed E-state index contributed by atoms with van der Waals surface area (Å²) in [6.07, 6.45) is 0. The minimum absolute atomic E-state index is 0.151. The van der Waals surface area contributed by atoms with Crippen LogP contribution in [-0.4, -0.2) is 11.8 Å². The Labute approximate surface area is 122 Å². The molecule has 108 valence electrons. The molecule has 0 heterocycles. The van der Waals surface area contributed by atoms with Gasteiger partial charge in [-0.2, -0.15) is 0 Å². The zero-order valence-corrected chi connectivity index (χ0v) is 11.5. The van der Waals surface area contributed by atoms with Gasteiger partial charge in [0, 0.05) is 29.7 Å². The monoisotopic (exact) mass is 284 g/mol. The molecule has 6 nitrogen and oxygen atoms in total. The van der Waals surface area contributed by atoms with Gasteiger partial charge in [0.1, 0.15) is 0 Å². The van der Waals surface area contributed by atoms with Crippen molar-refractivity contribution in [1.29, 1.82) is 0 Å². The van der Waals surface area contributed by atoms with Gasteiger partial charge in [-0.25, -0.2) is 0 Å². The molecule has 21 heavy (non-hydrogen) atoms. The molecule has 0 spiro atoms. The fraction of sp³-hybridized carbons (Fsp3) is 0.0667. The van der Waals surface area contributed by atoms with E-state index in [9.17, 15) is 9.59 Å². The molecule has 0 aliphatic carbocycles. The van der Waals surface area contributed by atoms with E-state index in [4.69, 9.17) is 11.5 Å². The van der Waals surface area contributed by atoms with E-state index in [1.165, 1.54) is 13.0 Å². The van der Waals surface area contributed by atoms with Gasteiger partial charge in [0.2, 0.25) is 5.91 Å². The number of rotatable bonds is 3. The molecule has 2 amide bonds. The molecule has 0 aliphatic rings. The van der Waals surface area contributed by atoms with Gasteiger partial charge < -0.3 is 22.1 Å². The van der Waals surface area contributed by atoms with Crippen LogP contribution in [0, 0.1) is 0 Å². The normalized spacial score (nSPS) is 9.95. The van der Waals surface area contributed by atoms with E-state index in [0.717, 1.165) is 0 Å². The number of carbonyl (C=O) groups is 2. The second kappa shape index (κ2) is 5.96. The number of hydrogen-bond donors (Lipinski definition) is 4. The highest BCUT2D eigenvalue weighted by atomic mass is 16.2. The zero-order valence-electron chi connectivity index (χ0n) is 11.5. The third kappa shape index (κ3) is 3.73. The summed E-state index contributed by atoms with van der Waals surface area (Å²) in [7, 11) is 0. The van der Waals surface area contributed by atoms with Gasteiger partial charge in [-0.05, 0) is 42.5 Å². The SMILES string of the molecule is CC(=O)Nc1ccc(NC(=O)c2ccc(N)cc2N)cc1. The van der Waals surface area contributed by atoms with Gasteiger partial charge in [0.15, 0.2) is 0 Å². The predicted molar refractivity (Wildman–Crippen MR) is 84.0 cm³/mol. The Bertz CT molecular complexity index is 681. The quantitative estimate of drug-likeness (QED) is 0.646. The van der Waals surface area contributed by atoms with Crippen molar-refractivity contribution < 1.29 is 9.59 Å². The average Bonchev–Trinajstić information content (AvgIpc) is 2.40. The molecule has 0 aromatic heterocycles. The first-order valence-corrected chi connectivity index (χ1v) is 6.29. The first-order chi connectivity index (χ1) is 9.95. The van der Waals surface area contributed by atoms with Crippen LogP contribution >= 0.6 is 0 Å². The van der Waals surface area contributed by atoms with Crippen LogP contribution in [-0.2, 0) is 4.79 Å². The Kier molecular flexibility index (Phi) is 4.08. The average molecular weight is 284 g/mol. The first-order valence-electron chi connectivity index (χ1n) is 6.29. The number of anilines is 4. The molecule has 2 aromatic carbocycles. The van der Waals surface area contributed by atoms with Crippen molar-refractivity contribution in [2.24, 2.45) is 0 Å². The van der Waals surface area contributed by atoms with Crippen LogP contribution in [0.4, 0.5) is 22.7 Å². The standard InChI is InChI=1S/C15H16N4O2/c1-9(20)18-11-3-5-12(6-4-11)19-15(21)13-7-2-10(16)8-14(13)17/h2-8H,16-17H2,1H3,(H,18,20)(H,19,21). The van der Waals surface area contributed by atoms with Gasteiger partial charge in [-0.3, -0.25) is 9.59 Å². The van der Waals surface area contributed by atoms with Gasteiger partial charge in [-0.15, -0.1) is 0 Å². The van der Waals surface area contributed by atoms with Gasteiger partial charge in [-0.1, -0.05) is 0 Å². The molecule has 0 fully saturated rings. The van der Waals surface area contributed by atoms with Crippen molar-refractivity contribution in [2.75, 3.05) is 22.1 Å². The predicted octanol–water partition coefficient (Wildman–Crippen LogP) is 2.06. The van der Waals surface area contributed by atoms with E-state index in [2.05, 4.69) is 10.6 Å². The third-order valence-electron chi connectivity index (χ3n) is 2.78. The Morgan fingerprint density at radius 3 is 2.00 bits per heavy atom. The molecular formula is C15H16N4O2. The summed E-state index contributed by atoms with van der Waals surface area (Å²) in [6, 6.07) is 11.5. The van der Waals surface area contributed by atoms with Crippen LogP contribution in [0.5, 0.6) is 0 Å². The molecule has 0 saturated heterocycles. The number of hydrogen-bond acceptors (Lipinski definition) is 4. The second-order valence-electron chi connectivity index (χ2n) is 4.56. The van der Waals surface area contributed by atoms with Crippen LogP contribution in [0.3, 0.4) is 0 Å². The Hall–Kier alpha value is -3.02. The molecule has 0 atom stereocenters. The van der Waals surface area contributed by atoms with Crippen molar-refractivity contribution in [2.45, 2.75) is 6.92 Å². The van der Waals surface area contributed by atoms with Gasteiger partial charge in [0.05, 0.1) is 5.56 Å². The number of amides is 2. The number of carbonyl (C=O) groups excluding carboxylic acids is 2. The molecule has 6 N–H and O–H groups in total. The summed E-state index contributed by atoms with van der Waals surface area (Å²) in [5.74, 6) is -0.471. The van der Waals surface area contributed by atoms with Gasteiger partial charge >= 0.3 is 0 Å². The van der Waals surface area contributed by atoms with E-state index >= 15 is 0 Å². The lowest BCUT2D eigenvalue weighted by atomic mass is 10.1. The Balaban J connectivity index is 2.10. The maximum absolute atomic E-state index is 12.1. The molecule has 6 heteroatoms. The van der Waals surface area contributed by atoms with Crippen LogP contribution in [0.2, 0.25) is 0 Å². The first kappa shape index (κ1) is 14.4. The highest BCUT2D eigenvalue weighted by molar-refractivity contribution is 6.08. The summed E-state index contributed by atoms with van der Waals surface area (Å²) in [5, 5.41) is 5.37. The maximum atomic E-state index is 12.1. The maximum Gasteiger partial charge on any atom is 0.257 e. The summed E-state index contributed by atoms with van der Waals surface area (Å²) in [5.41, 5.74) is 13.8. The van der Waals surface area contributed by atoms with E-state index in [0.29, 0.717) is 28.3 Å². The van der Waals surface area contributed by atoms with Crippen LogP contribution < -0.4 is 22.1 Å². The number of benzene rings is 2. The van der Waals surface area contributed by atoms with Crippen LogP contribution in [0.1, 0.15) is 17.3 Å². The largest absolute Gasteiger partial charge is 0.399 e. The third-order valence-corrected chi connectivity index (χ3v) is 2.78. The smallest absolute Gasteiger partial charge is 0.257 e. The molecule has 0 saturated carbocycles. The molecule has 0 radical (unpaired) electrons. The summed E-state index contributed by atoms with van der Waals surface area (Å²) >= 11 is 0. The summed E-state index contributed by atoms with van der Waals surface area (Å²) in [6.45, 7) is 1.43. The summed E-state index contributed by atoms with van der Waals surface area (Å²) < 4.78 is 0. The van der Waals surface area contributed by atoms with E-state index < -0.39 is 0 Å².